The van der Waals surface area contributed by atoms with E-state index in [1.807, 2.05) is 48.5 Å². The highest BCUT2D eigenvalue weighted by Gasteiger charge is 2.55. The van der Waals surface area contributed by atoms with Crippen LogP contribution in [-0.4, -0.2) is 28.2 Å². The van der Waals surface area contributed by atoms with Crippen molar-refractivity contribution in [2.24, 2.45) is 4.99 Å². The molecule has 0 spiro atoms. The Bertz CT molecular complexity index is 1250. The molecule has 0 bridgehead atoms. The molecule has 5 nitrogen and oxygen atoms in total. The summed E-state index contributed by atoms with van der Waals surface area (Å²) in [4.78, 5) is 18.4. The second-order valence-electron chi connectivity index (χ2n) is 8.23. The number of para-hydroxylation sites is 1. The highest BCUT2D eigenvalue weighted by molar-refractivity contribution is 6.04. The van der Waals surface area contributed by atoms with Crippen molar-refractivity contribution in [3.05, 3.63) is 124 Å². The van der Waals surface area contributed by atoms with Gasteiger partial charge in [0.05, 0.1) is 27.6 Å². The summed E-state index contributed by atoms with van der Waals surface area (Å²) in [5.41, 5.74) is 3.67. The molecule has 158 valence electrons. The molecule has 0 unspecified atom stereocenters. The average Bonchev–Trinajstić information content (AvgIpc) is 2.84. The molecule has 32 heavy (non-hydrogen) atoms. The molecule has 2 aliphatic rings. The number of nitro groups is 1. The zero-order valence-electron chi connectivity index (χ0n) is 17.8. The van der Waals surface area contributed by atoms with Crippen LogP contribution in [0.1, 0.15) is 23.6 Å². The average molecular weight is 422 g/mol. The molecule has 2 aliphatic heterocycles. The largest absolute Gasteiger partial charge is 0.348 e. The Labute approximate surface area is 187 Å². The van der Waals surface area contributed by atoms with Gasteiger partial charge in [0.25, 0.3) is 5.69 Å². The number of amidine groups is 1. The third-order valence-corrected chi connectivity index (χ3v) is 6.41. The Morgan fingerprint density at radius 3 is 2.38 bits per heavy atom. The van der Waals surface area contributed by atoms with E-state index < -0.39 is 0 Å². The van der Waals surface area contributed by atoms with Gasteiger partial charge in [-0.15, -0.1) is 0 Å². The number of nitrogens with zero attached hydrogens (tertiary/aromatic N) is 3. The lowest BCUT2D eigenvalue weighted by molar-refractivity contribution is -0.385. The van der Waals surface area contributed by atoms with Crippen molar-refractivity contribution in [1.82, 2.24) is 4.90 Å². The maximum absolute atomic E-state index is 11.4. The van der Waals surface area contributed by atoms with Gasteiger partial charge in [0, 0.05) is 12.6 Å². The van der Waals surface area contributed by atoms with E-state index >= 15 is 0 Å². The van der Waals surface area contributed by atoms with Gasteiger partial charge in [0.2, 0.25) is 0 Å². The highest BCUT2D eigenvalue weighted by Crippen LogP contribution is 2.46. The number of aliphatic imine (C=N–C) groups is 1. The van der Waals surface area contributed by atoms with Gasteiger partial charge in [-0.2, -0.15) is 0 Å². The van der Waals surface area contributed by atoms with Gasteiger partial charge >= 0.3 is 0 Å². The molecule has 2 heterocycles. The van der Waals surface area contributed by atoms with Crippen LogP contribution < -0.4 is 0 Å². The molecule has 0 N–H and O–H groups in total. The minimum Gasteiger partial charge on any atom is -0.348 e. The Morgan fingerprint density at radius 1 is 1.00 bits per heavy atom. The zero-order valence-corrected chi connectivity index (χ0v) is 17.8. The molecule has 0 aliphatic carbocycles. The topological polar surface area (TPSA) is 58.7 Å². The first-order valence-corrected chi connectivity index (χ1v) is 10.7. The third-order valence-electron chi connectivity index (χ3n) is 6.41. The summed E-state index contributed by atoms with van der Waals surface area (Å²) in [7, 11) is 0. The van der Waals surface area contributed by atoms with E-state index in [4.69, 9.17) is 4.99 Å². The molecular formula is C27H23N3O2. The number of rotatable bonds is 5. The molecule has 1 fully saturated rings. The Morgan fingerprint density at radius 2 is 1.66 bits per heavy atom. The number of nitro benzene ring substituents is 1. The van der Waals surface area contributed by atoms with Crippen molar-refractivity contribution in [3.63, 3.8) is 0 Å². The smallest absolute Gasteiger partial charge is 0.276 e. The van der Waals surface area contributed by atoms with Gasteiger partial charge in [-0.1, -0.05) is 84.9 Å². The molecular weight excluding hydrogens is 398 g/mol. The lowest BCUT2D eigenvalue weighted by atomic mass is 9.66. The van der Waals surface area contributed by atoms with Crippen molar-refractivity contribution in [2.45, 2.75) is 18.4 Å². The van der Waals surface area contributed by atoms with E-state index in [1.165, 1.54) is 5.56 Å². The molecule has 0 saturated carbocycles. The molecule has 0 radical (unpaired) electrons. The van der Waals surface area contributed by atoms with Crippen molar-refractivity contribution in [2.75, 3.05) is 6.54 Å². The lowest BCUT2D eigenvalue weighted by Crippen LogP contribution is -2.70. The molecule has 1 saturated heterocycles. The molecule has 0 amide bonds. The van der Waals surface area contributed by atoms with E-state index in [-0.39, 0.29) is 22.1 Å². The van der Waals surface area contributed by atoms with E-state index in [0.29, 0.717) is 5.56 Å². The van der Waals surface area contributed by atoms with Crippen LogP contribution in [0.25, 0.3) is 11.8 Å². The van der Waals surface area contributed by atoms with E-state index in [9.17, 15) is 10.1 Å². The fourth-order valence-electron chi connectivity index (χ4n) is 4.69. The van der Waals surface area contributed by atoms with Crippen LogP contribution in [-0.2, 0) is 5.41 Å². The molecule has 3 aromatic rings. The molecule has 5 heteroatoms. The second-order valence-corrected chi connectivity index (χ2v) is 8.23. The van der Waals surface area contributed by atoms with Crippen molar-refractivity contribution in [3.8, 4) is 0 Å². The van der Waals surface area contributed by atoms with Crippen LogP contribution in [0, 0.1) is 10.1 Å². The van der Waals surface area contributed by atoms with E-state index in [2.05, 4.69) is 48.2 Å². The number of hydrogen-bond donors (Lipinski definition) is 0. The summed E-state index contributed by atoms with van der Waals surface area (Å²) in [6.45, 7) is 2.96. The molecule has 0 aromatic heterocycles. The standard InChI is InChI=1S/C27H23N3O2/c1-27(22-13-6-3-7-14-22)25(17-16-21-12-8-9-15-24(21)30(31)32)29-19-18-23(28-26(27)29)20-10-4-2-5-11-20/h2-18,25H,19H2,1H3/b17-16+/t25-,27+/m0/s1. The minimum absolute atomic E-state index is 0.0389. The summed E-state index contributed by atoms with van der Waals surface area (Å²) in [5.74, 6) is 1.03. The van der Waals surface area contributed by atoms with Gasteiger partial charge < -0.3 is 4.90 Å². The normalized spacial score (nSPS) is 22.0. The van der Waals surface area contributed by atoms with Gasteiger partial charge in [0.15, 0.2) is 0 Å². The maximum atomic E-state index is 11.4. The predicted octanol–water partition coefficient (Wildman–Crippen LogP) is 5.70. The van der Waals surface area contributed by atoms with Crippen LogP contribution in [0.15, 0.2) is 102 Å². The summed E-state index contributed by atoms with van der Waals surface area (Å²) in [6, 6.07) is 27.5. The number of hydrogen-bond acceptors (Lipinski definition) is 4. The monoisotopic (exact) mass is 421 g/mol. The Balaban J connectivity index is 1.54. The van der Waals surface area contributed by atoms with Crippen LogP contribution >= 0.6 is 0 Å². The van der Waals surface area contributed by atoms with E-state index in [0.717, 1.165) is 23.6 Å². The fraction of sp³-hybridized carbons (Fsp3) is 0.148. The highest BCUT2D eigenvalue weighted by atomic mass is 16.6. The SMILES string of the molecule is C[C@]1(c2ccccc2)C2=NC(c3ccccc3)=CCN2[C@H]1/C=C/c1ccccc1[N+](=O)[O-]. The number of benzene rings is 3. The first-order chi connectivity index (χ1) is 15.6. The van der Waals surface area contributed by atoms with Gasteiger partial charge in [-0.25, -0.2) is 4.99 Å². The second kappa shape index (κ2) is 7.93. The molecule has 5 rings (SSSR count). The summed E-state index contributed by atoms with van der Waals surface area (Å²) >= 11 is 0. The minimum atomic E-state index is -0.334. The Hall–Kier alpha value is -3.99. The van der Waals surface area contributed by atoms with Gasteiger partial charge in [0.1, 0.15) is 5.84 Å². The fourth-order valence-corrected chi connectivity index (χ4v) is 4.69. The number of fused-ring (bicyclic) bond motifs is 1. The Kier molecular flexibility index (Phi) is 4.94. The third kappa shape index (κ3) is 3.23. The molecule has 3 aromatic carbocycles. The lowest BCUT2D eigenvalue weighted by Gasteiger charge is -2.58. The van der Waals surface area contributed by atoms with Crippen LogP contribution in [0.4, 0.5) is 5.69 Å². The van der Waals surface area contributed by atoms with E-state index in [1.54, 1.807) is 18.2 Å². The van der Waals surface area contributed by atoms with Crippen molar-refractivity contribution < 1.29 is 4.92 Å². The summed E-state index contributed by atoms with van der Waals surface area (Å²) in [6.07, 6.45) is 6.10. The summed E-state index contributed by atoms with van der Waals surface area (Å²) < 4.78 is 0. The van der Waals surface area contributed by atoms with Crippen LogP contribution in [0.5, 0.6) is 0 Å². The van der Waals surface area contributed by atoms with Gasteiger partial charge in [-0.05, 0) is 30.2 Å². The summed E-state index contributed by atoms with van der Waals surface area (Å²) in [5, 5.41) is 11.4. The van der Waals surface area contributed by atoms with Crippen LogP contribution in [0.3, 0.4) is 0 Å². The quantitative estimate of drug-likeness (QED) is 0.392. The van der Waals surface area contributed by atoms with Gasteiger partial charge in [-0.3, -0.25) is 10.1 Å². The van der Waals surface area contributed by atoms with Crippen LogP contribution in [0.2, 0.25) is 0 Å². The molecule has 2 atom stereocenters. The predicted molar refractivity (Wildman–Crippen MR) is 128 cm³/mol. The first kappa shape index (κ1) is 19.9. The first-order valence-electron chi connectivity index (χ1n) is 10.7. The maximum Gasteiger partial charge on any atom is 0.276 e. The zero-order chi connectivity index (χ0) is 22.1. The van der Waals surface area contributed by atoms with Crippen molar-refractivity contribution >= 4 is 23.3 Å². The van der Waals surface area contributed by atoms with Crippen molar-refractivity contribution in [1.29, 1.82) is 0 Å².